The molecule has 0 aromatic heterocycles. The average molecular weight is 486 g/mol. The Morgan fingerprint density at radius 2 is 1.79 bits per heavy atom. The molecule has 7 nitrogen and oxygen atoms in total. The van der Waals surface area contributed by atoms with Crippen LogP contribution in [0.1, 0.15) is 44.1 Å². The molecule has 1 saturated heterocycles. The molecule has 0 radical (unpaired) electrons. The van der Waals surface area contributed by atoms with Gasteiger partial charge in [0.2, 0.25) is 15.9 Å². The third kappa shape index (κ3) is 6.17. The van der Waals surface area contributed by atoms with Crippen LogP contribution < -0.4 is 10.1 Å². The van der Waals surface area contributed by atoms with Crippen LogP contribution in [0.25, 0.3) is 0 Å². The van der Waals surface area contributed by atoms with Gasteiger partial charge in [0, 0.05) is 31.9 Å². The summed E-state index contributed by atoms with van der Waals surface area (Å²) in [5, 5.41) is 2.92. The van der Waals surface area contributed by atoms with E-state index in [2.05, 4.69) is 22.3 Å². The Kier molecular flexibility index (Phi) is 8.24. The molecular formula is C26H35N3O4S. The van der Waals surface area contributed by atoms with Crippen LogP contribution in [0.3, 0.4) is 0 Å². The Balaban J connectivity index is 1.47. The first-order valence-corrected chi connectivity index (χ1v) is 13.6. The quantitative estimate of drug-likeness (QED) is 0.548. The van der Waals surface area contributed by atoms with Gasteiger partial charge >= 0.3 is 0 Å². The fraction of sp³-hybridized carbons (Fsp3) is 0.500. The molecule has 1 N–H and O–H groups in total. The van der Waals surface area contributed by atoms with Gasteiger partial charge in [-0.1, -0.05) is 43.2 Å². The Bertz CT molecular complexity index is 1060. The largest absolute Gasteiger partial charge is 0.495 e. The summed E-state index contributed by atoms with van der Waals surface area (Å²) in [6, 6.07) is 15.0. The summed E-state index contributed by atoms with van der Waals surface area (Å²) < 4.78 is 33.4. The van der Waals surface area contributed by atoms with E-state index in [0.29, 0.717) is 37.0 Å². The van der Waals surface area contributed by atoms with Gasteiger partial charge in [0.05, 0.1) is 13.7 Å². The first kappa shape index (κ1) is 24.7. The normalized spacial score (nSPS) is 17.4. The van der Waals surface area contributed by atoms with Gasteiger partial charge in [-0.25, -0.2) is 8.42 Å². The summed E-state index contributed by atoms with van der Waals surface area (Å²) in [7, 11) is -2.23. The maximum absolute atomic E-state index is 13.3. The van der Waals surface area contributed by atoms with Gasteiger partial charge in [0.15, 0.2) is 0 Å². The van der Waals surface area contributed by atoms with Crippen LogP contribution in [-0.2, 0) is 21.4 Å². The SMILES string of the molecule is COc1ccc(NC(=O)CN(Cc2ccccc2)CC2CCC2)cc1S(=O)(=O)N1CCCCC1. The van der Waals surface area contributed by atoms with Crippen LogP contribution in [0.5, 0.6) is 5.75 Å². The molecule has 0 spiro atoms. The molecule has 1 heterocycles. The monoisotopic (exact) mass is 485 g/mol. The second-order valence-corrected chi connectivity index (χ2v) is 11.2. The highest BCUT2D eigenvalue weighted by atomic mass is 32.2. The molecule has 1 amide bonds. The standard InChI is InChI=1S/C26H35N3O4S/c1-33-24-14-13-23(17-25(24)34(31,32)29-15-6-3-7-16-29)27-26(30)20-28(19-22-11-8-12-22)18-21-9-4-2-5-10-21/h2,4-5,9-10,13-14,17,22H,3,6-8,11-12,15-16,18-20H2,1H3,(H,27,30). The second-order valence-electron chi connectivity index (χ2n) is 9.33. The molecule has 2 aliphatic rings. The zero-order chi connectivity index (χ0) is 24.0. The Labute approximate surface area is 203 Å². The van der Waals surface area contributed by atoms with Crippen molar-refractivity contribution in [3.05, 3.63) is 54.1 Å². The van der Waals surface area contributed by atoms with Crippen LogP contribution >= 0.6 is 0 Å². The van der Waals surface area contributed by atoms with Crippen molar-refractivity contribution in [2.75, 3.05) is 38.6 Å². The Morgan fingerprint density at radius 3 is 2.44 bits per heavy atom. The van der Waals surface area contributed by atoms with Gasteiger partial charge in [0.1, 0.15) is 10.6 Å². The fourth-order valence-electron chi connectivity index (χ4n) is 4.67. The lowest BCUT2D eigenvalue weighted by molar-refractivity contribution is -0.117. The minimum absolute atomic E-state index is 0.102. The van der Waals surface area contributed by atoms with Gasteiger partial charge in [-0.3, -0.25) is 9.69 Å². The fourth-order valence-corrected chi connectivity index (χ4v) is 6.37. The van der Waals surface area contributed by atoms with E-state index in [4.69, 9.17) is 4.74 Å². The number of rotatable bonds is 10. The number of anilines is 1. The van der Waals surface area contributed by atoms with E-state index in [1.165, 1.54) is 42.3 Å². The summed E-state index contributed by atoms with van der Waals surface area (Å²) in [6.07, 6.45) is 6.44. The van der Waals surface area contributed by atoms with Crippen molar-refractivity contribution in [1.82, 2.24) is 9.21 Å². The first-order chi connectivity index (χ1) is 16.5. The van der Waals surface area contributed by atoms with E-state index in [-0.39, 0.29) is 17.3 Å². The highest BCUT2D eigenvalue weighted by Gasteiger charge is 2.29. The van der Waals surface area contributed by atoms with Gasteiger partial charge < -0.3 is 10.1 Å². The van der Waals surface area contributed by atoms with E-state index in [0.717, 1.165) is 25.8 Å². The number of ether oxygens (including phenoxy) is 1. The number of benzene rings is 2. The summed E-state index contributed by atoms with van der Waals surface area (Å²) in [4.78, 5) is 15.3. The summed E-state index contributed by atoms with van der Waals surface area (Å²) in [6.45, 7) is 2.88. The lowest BCUT2D eigenvalue weighted by Gasteiger charge is -2.32. The van der Waals surface area contributed by atoms with E-state index in [9.17, 15) is 13.2 Å². The molecular weight excluding hydrogens is 450 g/mol. The number of nitrogens with zero attached hydrogens (tertiary/aromatic N) is 2. The topological polar surface area (TPSA) is 79.0 Å². The number of carbonyl (C=O) groups is 1. The Morgan fingerprint density at radius 1 is 1.06 bits per heavy atom. The number of methoxy groups -OCH3 is 1. The maximum atomic E-state index is 13.3. The van der Waals surface area contributed by atoms with Crippen molar-refractivity contribution in [1.29, 1.82) is 0 Å². The van der Waals surface area contributed by atoms with Gasteiger partial charge in [0.25, 0.3) is 0 Å². The number of amides is 1. The van der Waals surface area contributed by atoms with Crippen molar-refractivity contribution in [3.8, 4) is 5.75 Å². The lowest BCUT2D eigenvalue weighted by Crippen LogP contribution is -2.38. The van der Waals surface area contributed by atoms with Crippen LogP contribution in [0.4, 0.5) is 5.69 Å². The third-order valence-corrected chi connectivity index (χ3v) is 8.66. The molecule has 184 valence electrons. The molecule has 1 saturated carbocycles. The molecule has 0 unspecified atom stereocenters. The maximum Gasteiger partial charge on any atom is 0.246 e. The van der Waals surface area contributed by atoms with E-state index in [1.807, 2.05) is 18.2 Å². The molecule has 34 heavy (non-hydrogen) atoms. The number of hydrogen-bond acceptors (Lipinski definition) is 5. The average Bonchev–Trinajstić information content (AvgIpc) is 2.82. The molecule has 2 aromatic carbocycles. The smallest absolute Gasteiger partial charge is 0.246 e. The van der Waals surface area contributed by atoms with E-state index >= 15 is 0 Å². The van der Waals surface area contributed by atoms with E-state index in [1.54, 1.807) is 12.1 Å². The molecule has 8 heteroatoms. The van der Waals surface area contributed by atoms with Crippen molar-refractivity contribution in [3.63, 3.8) is 0 Å². The second kappa shape index (κ2) is 11.3. The van der Waals surface area contributed by atoms with Crippen LogP contribution in [0, 0.1) is 5.92 Å². The van der Waals surface area contributed by atoms with Crippen LogP contribution in [0.15, 0.2) is 53.4 Å². The molecule has 0 bridgehead atoms. The minimum Gasteiger partial charge on any atom is -0.495 e. The zero-order valence-corrected chi connectivity index (χ0v) is 20.7. The molecule has 2 fully saturated rings. The molecule has 1 aliphatic heterocycles. The minimum atomic E-state index is -3.69. The predicted molar refractivity (Wildman–Crippen MR) is 133 cm³/mol. The molecule has 1 aliphatic carbocycles. The van der Waals surface area contributed by atoms with Crippen LogP contribution in [0.2, 0.25) is 0 Å². The van der Waals surface area contributed by atoms with Gasteiger partial charge in [-0.15, -0.1) is 0 Å². The van der Waals surface area contributed by atoms with Gasteiger partial charge in [-0.2, -0.15) is 4.31 Å². The van der Waals surface area contributed by atoms with Crippen molar-refractivity contribution in [2.24, 2.45) is 5.92 Å². The number of nitrogens with one attached hydrogen (secondary N) is 1. The number of piperidine rings is 1. The number of carbonyl (C=O) groups excluding carboxylic acids is 1. The highest BCUT2D eigenvalue weighted by molar-refractivity contribution is 7.89. The zero-order valence-electron chi connectivity index (χ0n) is 19.9. The molecule has 0 atom stereocenters. The third-order valence-electron chi connectivity index (χ3n) is 6.74. The molecule has 2 aromatic rings. The lowest BCUT2D eigenvalue weighted by atomic mass is 9.85. The van der Waals surface area contributed by atoms with Crippen molar-refractivity contribution >= 4 is 21.6 Å². The highest BCUT2D eigenvalue weighted by Crippen LogP contribution is 2.31. The first-order valence-electron chi connectivity index (χ1n) is 12.2. The molecule has 4 rings (SSSR count). The summed E-state index contributed by atoms with van der Waals surface area (Å²) in [5.74, 6) is 0.778. The van der Waals surface area contributed by atoms with Crippen LogP contribution in [-0.4, -0.2) is 56.8 Å². The number of sulfonamides is 1. The van der Waals surface area contributed by atoms with Gasteiger partial charge in [-0.05, 0) is 55.4 Å². The number of hydrogen-bond donors (Lipinski definition) is 1. The summed E-state index contributed by atoms with van der Waals surface area (Å²) >= 11 is 0. The van der Waals surface area contributed by atoms with Crippen molar-refractivity contribution < 1.29 is 17.9 Å². The predicted octanol–water partition coefficient (Wildman–Crippen LogP) is 4.11. The summed E-state index contributed by atoms with van der Waals surface area (Å²) in [5.41, 5.74) is 1.64. The van der Waals surface area contributed by atoms with Crippen molar-refractivity contribution in [2.45, 2.75) is 50.0 Å². The van der Waals surface area contributed by atoms with E-state index < -0.39 is 10.0 Å². The Hall–Kier alpha value is -2.42.